The second-order valence-corrected chi connectivity index (χ2v) is 5.49. The Hall–Kier alpha value is -1.90. The number of ether oxygens (including phenoxy) is 1. The summed E-state index contributed by atoms with van der Waals surface area (Å²) in [6.07, 6.45) is -4.73. The third kappa shape index (κ3) is 5.14. The lowest BCUT2D eigenvalue weighted by Crippen LogP contribution is -2.37. The van der Waals surface area contributed by atoms with Crippen molar-refractivity contribution in [3.8, 4) is 5.75 Å². The van der Waals surface area contributed by atoms with Crippen LogP contribution < -0.4 is 10.1 Å². The van der Waals surface area contributed by atoms with Crippen LogP contribution in [0.2, 0.25) is 0 Å². The molecule has 1 fully saturated rings. The molecule has 0 saturated carbocycles. The normalized spacial score (nSPS) is 15.0. The summed E-state index contributed by atoms with van der Waals surface area (Å²) >= 11 is 1.44. The van der Waals surface area contributed by atoms with Crippen molar-refractivity contribution in [1.29, 1.82) is 0 Å². The number of hydrogen-bond acceptors (Lipinski definition) is 4. The van der Waals surface area contributed by atoms with Gasteiger partial charge in [0.2, 0.25) is 11.8 Å². The van der Waals surface area contributed by atoms with Crippen LogP contribution in [0.15, 0.2) is 24.3 Å². The summed E-state index contributed by atoms with van der Waals surface area (Å²) in [6, 6.07) is 5.21. The van der Waals surface area contributed by atoms with Gasteiger partial charge >= 0.3 is 6.36 Å². The van der Waals surface area contributed by atoms with Crippen molar-refractivity contribution < 1.29 is 27.5 Å². The molecule has 0 bridgehead atoms. The minimum atomic E-state index is -4.73. The smallest absolute Gasteiger partial charge is 0.406 e. The van der Waals surface area contributed by atoms with Gasteiger partial charge < -0.3 is 15.0 Å². The molecule has 0 aromatic heterocycles. The number of hydrogen-bond donors (Lipinski definition) is 1. The molecular formula is C13H13F3N2O3S. The van der Waals surface area contributed by atoms with Gasteiger partial charge in [-0.2, -0.15) is 0 Å². The standard InChI is InChI=1S/C13H13F3N2O3S/c14-13(15,16)21-10-3-1-9(2-4-10)5-17-11(19)6-18-8-22-7-12(18)20/h1-4H,5-8H2,(H,17,19). The Bertz CT molecular complexity index is 548. The van der Waals surface area contributed by atoms with Gasteiger partial charge in [0, 0.05) is 6.54 Å². The van der Waals surface area contributed by atoms with E-state index in [9.17, 15) is 22.8 Å². The van der Waals surface area contributed by atoms with E-state index in [0.717, 1.165) is 0 Å². The number of amides is 2. The second kappa shape index (κ2) is 6.91. The highest BCUT2D eigenvalue weighted by Crippen LogP contribution is 2.22. The number of thioether (sulfide) groups is 1. The van der Waals surface area contributed by atoms with Gasteiger partial charge in [0.1, 0.15) is 12.3 Å². The maximum atomic E-state index is 12.0. The van der Waals surface area contributed by atoms with Crippen molar-refractivity contribution in [2.24, 2.45) is 0 Å². The second-order valence-electron chi connectivity index (χ2n) is 4.54. The number of benzene rings is 1. The number of nitrogens with zero attached hydrogens (tertiary/aromatic N) is 1. The molecule has 1 aliphatic heterocycles. The van der Waals surface area contributed by atoms with E-state index >= 15 is 0 Å². The van der Waals surface area contributed by atoms with Crippen LogP contribution in [0, 0.1) is 0 Å². The van der Waals surface area contributed by atoms with Gasteiger partial charge in [-0.15, -0.1) is 24.9 Å². The third-order valence-electron chi connectivity index (χ3n) is 2.81. The maximum Gasteiger partial charge on any atom is 0.573 e. The first-order valence-corrected chi connectivity index (χ1v) is 7.46. The van der Waals surface area contributed by atoms with E-state index in [2.05, 4.69) is 10.1 Å². The molecule has 5 nitrogen and oxygen atoms in total. The topological polar surface area (TPSA) is 58.6 Å². The predicted molar refractivity (Wildman–Crippen MR) is 74.0 cm³/mol. The Morgan fingerprint density at radius 1 is 1.32 bits per heavy atom. The molecular weight excluding hydrogens is 321 g/mol. The highest BCUT2D eigenvalue weighted by atomic mass is 32.2. The summed E-state index contributed by atoms with van der Waals surface area (Å²) in [6.45, 7) is 0.154. The molecule has 1 heterocycles. The third-order valence-corrected chi connectivity index (χ3v) is 3.75. The lowest BCUT2D eigenvalue weighted by atomic mass is 10.2. The van der Waals surface area contributed by atoms with E-state index in [1.54, 1.807) is 0 Å². The maximum absolute atomic E-state index is 12.0. The molecule has 1 aromatic rings. The van der Waals surface area contributed by atoms with Crippen molar-refractivity contribution in [1.82, 2.24) is 10.2 Å². The van der Waals surface area contributed by atoms with Crippen LogP contribution in [0.1, 0.15) is 5.56 Å². The fourth-order valence-electron chi connectivity index (χ4n) is 1.78. The molecule has 2 amide bonds. The van der Waals surface area contributed by atoms with E-state index in [1.807, 2.05) is 0 Å². The summed E-state index contributed by atoms with van der Waals surface area (Å²) in [5, 5.41) is 2.61. The Morgan fingerprint density at radius 2 is 2.00 bits per heavy atom. The molecule has 0 atom stereocenters. The van der Waals surface area contributed by atoms with Crippen molar-refractivity contribution in [2.75, 3.05) is 18.2 Å². The van der Waals surface area contributed by atoms with Crippen molar-refractivity contribution in [2.45, 2.75) is 12.9 Å². The van der Waals surface area contributed by atoms with E-state index in [-0.39, 0.29) is 30.7 Å². The minimum absolute atomic E-state index is 0.0128. The number of rotatable bonds is 5. The van der Waals surface area contributed by atoms with E-state index < -0.39 is 6.36 Å². The largest absolute Gasteiger partial charge is 0.573 e. The highest BCUT2D eigenvalue weighted by molar-refractivity contribution is 8.00. The van der Waals surface area contributed by atoms with Gasteiger partial charge in [0.25, 0.3) is 0 Å². The highest BCUT2D eigenvalue weighted by Gasteiger charge is 2.30. The average molecular weight is 334 g/mol. The molecule has 2 rings (SSSR count). The first kappa shape index (κ1) is 16.5. The summed E-state index contributed by atoms with van der Waals surface area (Å²) in [5.74, 6) is 0.173. The average Bonchev–Trinajstić information content (AvgIpc) is 2.82. The fourth-order valence-corrected chi connectivity index (χ4v) is 2.68. The lowest BCUT2D eigenvalue weighted by Gasteiger charge is -2.14. The zero-order valence-corrected chi connectivity index (χ0v) is 12.2. The quantitative estimate of drug-likeness (QED) is 0.891. The van der Waals surface area contributed by atoms with E-state index in [0.29, 0.717) is 17.2 Å². The zero-order chi connectivity index (χ0) is 16.2. The summed E-state index contributed by atoms with van der Waals surface area (Å²) in [4.78, 5) is 24.5. The monoisotopic (exact) mass is 334 g/mol. The molecule has 1 aromatic carbocycles. The Kier molecular flexibility index (Phi) is 5.17. The molecule has 0 spiro atoms. The molecule has 1 saturated heterocycles. The van der Waals surface area contributed by atoms with Gasteiger partial charge in [-0.1, -0.05) is 12.1 Å². The molecule has 1 N–H and O–H groups in total. The Morgan fingerprint density at radius 3 is 2.55 bits per heavy atom. The van der Waals surface area contributed by atoms with Gasteiger partial charge in [0.15, 0.2) is 0 Å². The van der Waals surface area contributed by atoms with Crippen LogP contribution in [-0.2, 0) is 16.1 Å². The summed E-state index contributed by atoms with van der Waals surface area (Å²) in [5.41, 5.74) is 0.630. The van der Waals surface area contributed by atoms with Gasteiger partial charge in [-0.3, -0.25) is 9.59 Å². The molecule has 1 aliphatic rings. The van der Waals surface area contributed by atoms with Crippen molar-refractivity contribution in [3.05, 3.63) is 29.8 Å². The van der Waals surface area contributed by atoms with Gasteiger partial charge in [-0.05, 0) is 17.7 Å². The number of carbonyl (C=O) groups is 2. The van der Waals surface area contributed by atoms with Crippen LogP contribution in [0.3, 0.4) is 0 Å². The van der Waals surface area contributed by atoms with E-state index in [1.165, 1.54) is 40.9 Å². The Balaban J connectivity index is 1.79. The van der Waals surface area contributed by atoms with Crippen LogP contribution in [0.5, 0.6) is 5.75 Å². The van der Waals surface area contributed by atoms with Gasteiger partial charge in [-0.25, -0.2) is 0 Å². The SMILES string of the molecule is O=C(CN1CSCC1=O)NCc1ccc(OC(F)(F)F)cc1. The number of carbonyl (C=O) groups excluding carboxylic acids is 2. The lowest BCUT2D eigenvalue weighted by molar-refractivity contribution is -0.274. The van der Waals surface area contributed by atoms with Crippen LogP contribution in [0.25, 0.3) is 0 Å². The molecule has 9 heteroatoms. The zero-order valence-electron chi connectivity index (χ0n) is 11.4. The van der Waals surface area contributed by atoms with Crippen molar-refractivity contribution in [3.63, 3.8) is 0 Å². The summed E-state index contributed by atoms with van der Waals surface area (Å²) in [7, 11) is 0. The molecule has 120 valence electrons. The van der Waals surface area contributed by atoms with Crippen LogP contribution >= 0.6 is 11.8 Å². The molecule has 0 radical (unpaired) electrons. The van der Waals surface area contributed by atoms with Crippen molar-refractivity contribution >= 4 is 23.6 Å². The van der Waals surface area contributed by atoms with E-state index in [4.69, 9.17) is 0 Å². The van der Waals surface area contributed by atoms with Crippen LogP contribution in [0.4, 0.5) is 13.2 Å². The predicted octanol–water partition coefficient (Wildman–Crippen LogP) is 1.73. The first-order chi connectivity index (χ1) is 10.3. The number of halogens is 3. The van der Waals surface area contributed by atoms with Crippen LogP contribution in [-0.4, -0.2) is 41.3 Å². The summed E-state index contributed by atoms with van der Waals surface area (Å²) < 4.78 is 39.8. The number of alkyl halides is 3. The first-order valence-electron chi connectivity index (χ1n) is 6.30. The minimum Gasteiger partial charge on any atom is -0.406 e. The molecule has 0 unspecified atom stereocenters. The Labute approximate surface area is 128 Å². The number of nitrogens with one attached hydrogen (secondary N) is 1. The fraction of sp³-hybridized carbons (Fsp3) is 0.385. The molecule has 0 aliphatic carbocycles. The molecule has 22 heavy (non-hydrogen) atoms. The van der Waals surface area contributed by atoms with Gasteiger partial charge in [0.05, 0.1) is 11.6 Å².